The molecule has 0 heterocycles. The Balaban J connectivity index is 2.09. The predicted octanol–water partition coefficient (Wildman–Crippen LogP) is 13.7. The smallest absolute Gasteiger partial charge is 0.0410 e. The van der Waals surface area contributed by atoms with Crippen LogP contribution < -0.4 is 0 Å². The Labute approximate surface area is 289 Å². The molecular weight excluding hydrogens is 565 g/mol. The minimum absolute atomic E-state index is 0.0181. The number of rotatable bonds is 2. The van der Waals surface area contributed by atoms with Gasteiger partial charge in [-0.15, -0.1) is 0 Å². The second-order valence-corrected chi connectivity index (χ2v) is 21.3. The van der Waals surface area contributed by atoms with Crippen LogP contribution in [0.3, 0.4) is 0 Å². The lowest BCUT2D eigenvalue weighted by molar-refractivity contribution is 0.219. The lowest BCUT2D eigenvalue weighted by Gasteiger charge is -2.54. The summed E-state index contributed by atoms with van der Waals surface area (Å²) in [6, 6.07) is 14.2. The van der Waals surface area contributed by atoms with Crippen molar-refractivity contribution >= 4 is 0 Å². The van der Waals surface area contributed by atoms with Crippen molar-refractivity contribution in [2.24, 2.45) is 32.5 Å². The van der Waals surface area contributed by atoms with E-state index in [9.17, 15) is 0 Å². The average Bonchev–Trinajstić information content (AvgIpc) is 3.59. The molecule has 0 saturated heterocycles. The molecule has 0 radical (unpaired) electrons. The summed E-state index contributed by atoms with van der Waals surface area (Å²) in [6.45, 7) is 44.0. The second kappa shape index (κ2) is 10.5. The standard InChI is InChI=1S/C47H66/c1-40(2,3)31-26-37(42(7,8)9)46(28-31,44(13,14)15)36-24-23-34-33-22-20-19-21-30(33)25-35(34)39(36)47(45(16,17)18)29-32(41(4,5)6)27-38(47)43(10,11)12/h19-24,26-29H,25H2,1-18H3. The normalized spacial score (nSPS) is 23.7. The molecule has 254 valence electrons. The van der Waals surface area contributed by atoms with Gasteiger partial charge in [0.2, 0.25) is 0 Å². The highest BCUT2D eigenvalue weighted by atomic mass is 14.6. The molecule has 0 heteroatoms. The molecule has 0 aromatic heterocycles. The fourth-order valence-electron chi connectivity index (χ4n) is 9.17. The summed E-state index contributed by atoms with van der Waals surface area (Å²) in [5.74, 6) is 0. The Morgan fingerprint density at radius 1 is 0.468 bits per heavy atom. The minimum atomic E-state index is -0.295. The molecule has 47 heavy (non-hydrogen) atoms. The molecule has 0 fully saturated rings. The van der Waals surface area contributed by atoms with Crippen molar-refractivity contribution in [2.45, 2.75) is 142 Å². The van der Waals surface area contributed by atoms with Crippen LogP contribution in [0.1, 0.15) is 147 Å². The lowest BCUT2D eigenvalue weighted by Crippen LogP contribution is -2.49. The van der Waals surface area contributed by atoms with Crippen LogP contribution in [0.2, 0.25) is 0 Å². The van der Waals surface area contributed by atoms with E-state index in [4.69, 9.17) is 0 Å². The maximum absolute atomic E-state index is 2.75. The van der Waals surface area contributed by atoms with Gasteiger partial charge in [-0.2, -0.15) is 0 Å². The van der Waals surface area contributed by atoms with Gasteiger partial charge in [0.15, 0.2) is 0 Å². The van der Waals surface area contributed by atoms with E-state index in [1.807, 2.05) is 0 Å². The Hall–Kier alpha value is -2.60. The van der Waals surface area contributed by atoms with E-state index in [-0.39, 0.29) is 43.3 Å². The van der Waals surface area contributed by atoms with Crippen LogP contribution in [0.15, 0.2) is 83.0 Å². The van der Waals surface area contributed by atoms with Crippen molar-refractivity contribution in [2.75, 3.05) is 0 Å². The number of hydrogen-bond donors (Lipinski definition) is 0. The van der Waals surface area contributed by atoms with Crippen LogP contribution in [0.25, 0.3) is 11.1 Å². The molecule has 3 aliphatic rings. The first-order valence-electron chi connectivity index (χ1n) is 18.3. The van der Waals surface area contributed by atoms with Crippen molar-refractivity contribution in [1.29, 1.82) is 0 Å². The van der Waals surface area contributed by atoms with Crippen LogP contribution in [-0.4, -0.2) is 0 Å². The highest BCUT2D eigenvalue weighted by Gasteiger charge is 2.58. The number of fused-ring (bicyclic) bond motifs is 3. The Bertz CT molecular complexity index is 1720. The summed E-state index contributed by atoms with van der Waals surface area (Å²) in [5, 5.41) is 0. The first kappa shape index (κ1) is 35.7. The average molecular weight is 631 g/mol. The zero-order valence-electron chi connectivity index (χ0n) is 33.5. The molecule has 2 aromatic carbocycles. The quantitative estimate of drug-likeness (QED) is 0.264. The van der Waals surface area contributed by atoms with Gasteiger partial charge < -0.3 is 0 Å². The topological polar surface area (TPSA) is 0 Å². The van der Waals surface area contributed by atoms with Crippen molar-refractivity contribution in [3.05, 3.63) is 105 Å². The van der Waals surface area contributed by atoms with Crippen LogP contribution in [-0.2, 0) is 17.3 Å². The summed E-state index contributed by atoms with van der Waals surface area (Å²) < 4.78 is 0. The fourth-order valence-corrected chi connectivity index (χ4v) is 9.17. The summed E-state index contributed by atoms with van der Waals surface area (Å²) in [4.78, 5) is 0. The van der Waals surface area contributed by atoms with Gasteiger partial charge in [-0.3, -0.25) is 0 Å². The fraction of sp³-hybridized carbons (Fsp3) is 0.574. The maximum Gasteiger partial charge on any atom is 0.0410 e. The van der Waals surface area contributed by atoms with E-state index in [1.54, 1.807) is 16.7 Å². The van der Waals surface area contributed by atoms with Gasteiger partial charge in [-0.25, -0.2) is 0 Å². The van der Waals surface area contributed by atoms with Crippen LogP contribution in [0.5, 0.6) is 0 Å². The first-order valence-corrected chi connectivity index (χ1v) is 18.3. The van der Waals surface area contributed by atoms with E-state index < -0.39 is 0 Å². The Kier molecular flexibility index (Phi) is 7.94. The largest absolute Gasteiger partial charge is 0.0656 e. The molecule has 0 aliphatic heterocycles. The molecule has 5 rings (SSSR count). The van der Waals surface area contributed by atoms with Crippen LogP contribution in [0, 0.1) is 32.5 Å². The molecule has 0 N–H and O–H groups in total. The minimum Gasteiger partial charge on any atom is -0.0656 e. The molecule has 0 nitrogen and oxygen atoms in total. The highest BCUT2D eigenvalue weighted by molar-refractivity contribution is 5.82. The molecular formula is C47H66. The van der Waals surface area contributed by atoms with Crippen LogP contribution in [0.4, 0.5) is 0 Å². The predicted molar refractivity (Wildman–Crippen MR) is 207 cm³/mol. The van der Waals surface area contributed by atoms with Crippen molar-refractivity contribution in [3.8, 4) is 11.1 Å². The highest BCUT2D eigenvalue weighted by Crippen LogP contribution is 2.66. The third-order valence-corrected chi connectivity index (χ3v) is 11.7. The van der Waals surface area contributed by atoms with Gasteiger partial charge in [0.05, 0.1) is 0 Å². The van der Waals surface area contributed by atoms with Crippen LogP contribution >= 0.6 is 0 Å². The summed E-state index contributed by atoms with van der Waals surface area (Å²) in [5.41, 5.74) is 14.2. The molecule has 2 atom stereocenters. The molecule has 0 saturated carbocycles. The third-order valence-electron chi connectivity index (χ3n) is 11.7. The molecule has 2 unspecified atom stereocenters. The lowest BCUT2D eigenvalue weighted by atomic mass is 9.49. The van der Waals surface area contributed by atoms with Gasteiger partial charge in [-0.1, -0.05) is 185 Å². The van der Waals surface area contributed by atoms with Gasteiger partial charge >= 0.3 is 0 Å². The van der Waals surface area contributed by atoms with Crippen molar-refractivity contribution in [1.82, 2.24) is 0 Å². The van der Waals surface area contributed by atoms with E-state index in [0.29, 0.717) is 0 Å². The van der Waals surface area contributed by atoms with E-state index >= 15 is 0 Å². The molecule has 2 aromatic rings. The number of hydrogen-bond acceptors (Lipinski definition) is 0. The van der Waals surface area contributed by atoms with Crippen molar-refractivity contribution in [3.63, 3.8) is 0 Å². The second-order valence-electron chi connectivity index (χ2n) is 21.3. The Morgan fingerprint density at radius 3 is 1.36 bits per heavy atom. The molecule has 3 aliphatic carbocycles. The third kappa shape index (κ3) is 5.40. The molecule has 0 bridgehead atoms. The summed E-state index contributed by atoms with van der Waals surface area (Å²) in [7, 11) is 0. The monoisotopic (exact) mass is 631 g/mol. The summed E-state index contributed by atoms with van der Waals surface area (Å²) in [6.07, 6.45) is 11.7. The van der Waals surface area contributed by atoms with E-state index in [1.165, 1.54) is 39.0 Å². The number of benzene rings is 2. The molecule has 0 amide bonds. The van der Waals surface area contributed by atoms with Gasteiger partial charge in [-0.05, 0) is 94.6 Å². The number of allylic oxidation sites excluding steroid dienone is 8. The zero-order chi connectivity index (χ0) is 35.6. The van der Waals surface area contributed by atoms with E-state index in [0.717, 1.165) is 6.42 Å². The summed E-state index contributed by atoms with van der Waals surface area (Å²) >= 11 is 0. The van der Waals surface area contributed by atoms with E-state index in [2.05, 4.69) is 185 Å². The first-order chi connectivity index (χ1) is 21.1. The van der Waals surface area contributed by atoms with Gasteiger partial charge in [0, 0.05) is 10.8 Å². The molecule has 0 spiro atoms. The Morgan fingerprint density at radius 2 is 0.915 bits per heavy atom. The van der Waals surface area contributed by atoms with Crippen molar-refractivity contribution < 1.29 is 0 Å². The maximum atomic E-state index is 2.75. The SMILES string of the molecule is CC(C)(C)C1=CC(c2ccc3c(c2C2(C(C)(C)C)C=C(C(C)(C)C)C=C2C(C)(C)C)Cc2ccccc2-3)(C(C)(C)C)C(C(C)(C)C)=C1. The zero-order valence-corrected chi connectivity index (χ0v) is 33.5. The van der Waals surface area contributed by atoms with Gasteiger partial charge in [0.1, 0.15) is 0 Å². The van der Waals surface area contributed by atoms with Gasteiger partial charge in [0.25, 0.3) is 0 Å².